The smallest absolute Gasteiger partial charge is 0.257 e. The molecule has 1 aromatic heterocycles. The average molecular weight is 385 g/mol. The highest BCUT2D eigenvalue weighted by molar-refractivity contribution is 7.08. The summed E-state index contributed by atoms with van der Waals surface area (Å²) in [4.78, 5) is 17.5. The summed E-state index contributed by atoms with van der Waals surface area (Å²) in [6, 6.07) is 9.00. The summed E-state index contributed by atoms with van der Waals surface area (Å²) >= 11 is 1.62. The maximum atomic E-state index is 13.1. The zero-order valence-electron chi connectivity index (χ0n) is 15.4. The summed E-state index contributed by atoms with van der Waals surface area (Å²) < 4.78 is 0. The zero-order valence-corrected chi connectivity index (χ0v) is 16.2. The van der Waals surface area contributed by atoms with E-state index in [2.05, 4.69) is 27.3 Å². The van der Waals surface area contributed by atoms with Gasteiger partial charge in [0, 0.05) is 43.7 Å². The van der Waals surface area contributed by atoms with Crippen LogP contribution in [0.1, 0.15) is 23.6 Å². The van der Waals surface area contributed by atoms with Crippen molar-refractivity contribution < 1.29 is 9.90 Å². The Balaban J connectivity index is 1.57. The Morgan fingerprint density at radius 3 is 2.70 bits per heavy atom. The number of benzene rings is 1. The highest BCUT2D eigenvalue weighted by atomic mass is 32.1. The molecule has 142 valence electrons. The number of hydrogen-bond donors (Lipinski definition) is 1. The first-order valence-corrected chi connectivity index (χ1v) is 10.2. The predicted octanol–water partition coefficient (Wildman–Crippen LogP) is 2.38. The van der Waals surface area contributed by atoms with Gasteiger partial charge in [-0.05, 0) is 29.9 Å². The number of hydrazone groups is 1. The van der Waals surface area contributed by atoms with Crippen molar-refractivity contribution in [2.45, 2.75) is 12.5 Å². The molecule has 1 amide bonds. The molecule has 4 rings (SSSR count). The first-order chi connectivity index (χ1) is 13.1. The van der Waals surface area contributed by atoms with Gasteiger partial charge in [-0.3, -0.25) is 9.69 Å². The summed E-state index contributed by atoms with van der Waals surface area (Å²) in [7, 11) is 2.10. The van der Waals surface area contributed by atoms with Gasteiger partial charge in [0.2, 0.25) is 0 Å². The van der Waals surface area contributed by atoms with Crippen molar-refractivity contribution >= 4 is 23.0 Å². The Bertz CT molecular complexity index is 828. The van der Waals surface area contributed by atoms with Gasteiger partial charge in [0.15, 0.2) is 0 Å². The first kappa shape index (κ1) is 18.2. The molecule has 2 aliphatic rings. The number of phenolic OH excluding ortho intramolecular Hbond substituents is 1. The normalized spacial score (nSPS) is 21.4. The highest BCUT2D eigenvalue weighted by Gasteiger charge is 2.35. The van der Waals surface area contributed by atoms with E-state index in [-0.39, 0.29) is 17.7 Å². The number of piperazine rings is 1. The minimum absolute atomic E-state index is 0.0157. The second-order valence-corrected chi connectivity index (χ2v) is 7.94. The number of likely N-dealkylation sites (N-methyl/N-ethyl adjacent to an activating group) is 1. The maximum Gasteiger partial charge on any atom is 0.257 e. The molecule has 3 heterocycles. The van der Waals surface area contributed by atoms with Crippen molar-refractivity contribution in [2.24, 2.45) is 5.10 Å². The third kappa shape index (κ3) is 3.90. The van der Waals surface area contributed by atoms with Gasteiger partial charge in [0.05, 0.1) is 18.3 Å². The zero-order chi connectivity index (χ0) is 18.8. The van der Waals surface area contributed by atoms with Crippen LogP contribution in [0.5, 0.6) is 5.75 Å². The lowest BCUT2D eigenvalue weighted by molar-refractivity contribution is -0.134. The first-order valence-electron chi connectivity index (χ1n) is 9.22. The van der Waals surface area contributed by atoms with Crippen LogP contribution in [0.15, 0.2) is 46.2 Å². The third-order valence-corrected chi connectivity index (χ3v) is 5.95. The quantitative estimate of drug-likeness (QED) is 0.879. The van der Waals surface area contributed by atoms with Crippen molar-refractivity contribution in [3.63, 3.8) is 0 Å². The second-order valence-electron chi connectivity index (χ2n) is 7.16. The van der Waals surface area contributed by atoms with Crippen LogP contribution in [-0.2, 0) is 4.79 Å². The number of carbonyl (C=O) groups excluding carboxylic acids is 1. The molecule has 6 nitrogen and oxygen atoms in total. The number of carbonyl (C=O) groups is 1. The van der Waals surface area contributed by atoms with Crippen LogP contribution >= 0.6 is 11.3 Å². The van der Waals surface area contributed by atoms with Crippen molar-refractivity contribution in [1.29, 1.82) is 0 Å². The molecule has 0 spiro atoms. The molecule has 2 aromatic rings. The van der Waals surface area contributed by atoms with Gasteiger partial charge in [0.25, 0.3) is 5.91 Å². The van der Waals surface area contributed by atoms with Crippen molar-refractivity contribution in [2.75, 3.05) is 39.8 Å². The second kappa shape index (κ2) is 7.80. The summed E-state index contributed by atoms with van der Waals surface area (Å²) in [5, 5.41) is 20.7. The maximum absolute atomic E-state index is 13.1. The van der Waals surface area contributed by atoms with E-state index in [9.17, 15) is 9.90 Å². The van der Waals surface area contributed by atoms with E-state index < -0.39 is 0 Å². The molecule has 7 heteroatoms. The minimum atomic E-state index is -0.263. The summed E-state index contributed by atoms with van der Waals surface area (Å²) in [5.74, 6) is 0.194. The fourth-order valence-electron chi connectivity index (χ4n) is 3.62. The number of nitrogens with zero attached hydrogens (tertiary/aromatic N) is 4. The monoisotopic (exact) mass is 384 g/mol. The Labute approximate surface area is 163 Å². The number of para-hydroxylation sites is 1. The fraction of sp³-hybridized carbons (Fsp3) is 0.400. The Morgan fingerprint density at radius 2 is 2.00 bits per heavy atom. The minimum Gasteiger partial charge on any atom is -0.508 e. The van der Waals surface area contributed by atoms with Crippen LogP contribution in [0.4, 0.5) is 0 Å². The van der Waals surface area contributed by atoms with Crippen LogP contribution in [0, 0.1) is 0 Å². The molecule has 0 aliphatic carbocycles. The van der Waals surface area contributed by atoms with E-state index in [4.69, 9.17) is 0 Å². The largest absolute Gasteiger partial charge is 0.508 e. The van der Waals surface area contributed by atoms with Gasteiger partial charge in [-0.1, -0.05) is 18.2 Å². The van der Waals surface area contributed by atoms with Gasteiger partial charge >= 0.3 is 0 Å². The molecule has 1 saturated heterocycles. The van der Waals surface area contributed by atoms with E-state index in [0.29, 0.717) is 13.0 Å². The lowest BCUT2D eigenvalue weighted by Crippen LogP contribution is -2.48. The number of hydrogen-bond acceptors (Lipinski definition) is 6. The lowest BCUT2D eigenvalue weighted by atomic mass is 9.99. The summed E-state index contributed by atoms with van der Waals surface area (Å²) in [6.45, 7) is 4.08. The van der Waals surface area contributed by atoms with E-state index in [1.165, 1.54) is 0 Å². The van der Waals surface area contributed by atoms with E-state index in [0.717, 1.165) is 43.0 Å². The van der Waals surface area contributed by atoms with E-state index >= 15 is 0 Å². The SMILES string of the molecule is CN1CCN(CC(=O)N2N=C(c3ccsc3)CC2c2ccccc2O)CC1. The molecular weight excluding hydrogens is 360 g/mol. The molecule has 27 heavy (non-hydrogen) atoms. The Hall–Kier alpha value is -2.22. The number of thiophene rings is 1. The molecular formula is C20H24N4O2S. The third-order valence-electron chi connectivity index (χ3n) is 5.27. The van der Waals surface area contributed by atoms with Gasteiger partial charge in [-0.25, -0.2) is 5.01 Å². The van der Waals surface area contributed by atoms with Gasteiger partial charge in [-0.15, -0.1) is 0 Å². The Morgan fingerprint density at radius 1 is 1.22 bits per heavy atom. The summed E-state index contributed by atoms with van der Waals surface area (Å²) in [6.07, 6.45) is 0.614. The van der Waals surface area contributed by atoms with Crippen molar-refractivity contribution in [1.82, 2.24) is 14.8 Å². The molecule has 2 aliphatic heterocycles. The van der Waals surface area contributed by atoms with Crippen LogP contribution in [-0.4, -0.2) is 71.3 Å². The molecule has 1 atom stereocenters. The molecule has 0 saturated carbocycles. The van der Waals surface area contributed by atoms with Crippen LogP contribution in [0.25, 0.3) is 0 Å². The van der Waals surface area contributed by atoms with E-state index in [1.807, 2.05) is 23.6 Å². The fourth-order valence-corrected chi connectivity index (χ4v) is 4.29. The average Bonchev–Trinajstić information content (AvgIpc) is 3.33. The number of aromatic hydroxyl groups is 1. The molecule has 0 bridgehead atoms. The van der Waals surface area contributed by atoms with Crippen LogP contribution in [0.3, 0.4) is 0 Å². The number of amides is 1. The van der Waals surface area contributed by atoms with Crippen LogP contribution in [0.2, 0.25) is 0 Å². The summed E-state index contributed by atoms with van der Waals surface area (Å²) in [5.41, 5.74) is 2.70. The van der Waals surface area contributed by atoms with E-state index in [1.54, 1.807) is 28.5 Å². The van der Waals surface area contributed by atoms with Gasteiger partial charge in [-0.2, -0.15) is 16.4 Å². The van der Waals surface area contributed by atoms with Crippen molar-refractivity contribution in [3.05, 3.63) is 52.2 Å². The highest BCUT2D eigenvalue weighted by Crippen LogP contribution is 2.37. The Kier molecular flexibility index (Phi) is 5.24. The topological polar surface area (TPSA) is 59.4 Å². The molecule has 1 aromatic carbocycles. The standard InChI is InChI=1S/C20H24N4O2S/c1-22-7-9-23(10-8-22)13-20(26)24-18(16-4-2-3-5-19(16)25)12-17(21-24)15-6-11-27-14-15/h2-6,11,14,18,25H,7-10,12-13H2,1H3. The van der Waals surface area contributed by atoms with Crippen LogP contribution < -0.4 is 0 Å². The van der Waals surface area contributed by atoms with Gasteiger partial charge in [0.1, 0.15) is 5.75 Å². The van der Waals surface area contributed by atoms with Gasteiger partial charge < -0.3 is 10.0 Å². The molecule has 0 radical (unpaired) electrons. The predicted molar refractivity (Wildman–Crippen MR) is 107 cm³/mol. The number of rotatable bonds is 4. The molecule has 1 unspecified atom stereocenters. The molecule has 1 N–H and O–H groups in total. The molecule has 1 fully saturated rings. The number of phenols is 1. The lowest BCUT2D eigenvalue weighted by Gasteiger charge is -2.33. The van der Waals surface area contributed by atoms with Crippen molar-refractivity contribution in [3.8, 4) is 5.75 Å².